The fourth-order valence-electron chi connectivity index (χ4n) is 2.76. The van der Waals surface area contributed by atoms with Gasteiger partial charge in [0.1, 0.15) is 12.7 Å². The maximum Gasteiger partial charge on any atom is 0.257 e. The number of carbonyl (C=O) groups excluding carboxylic acids is 1. The minimum absolute atomic E-state index is 0.243. The maximum absolute atomic E-state index is 12.7. The Morgan fingerprint density at radius 3 is 2.71 bits per heavy atom. The van der Waals surface area contributed by atoms with Crippen LogP contribution in [0.1, 0.15) is 35.0 Å². The Hall–Kier alpha value is -3.39. The van der Waals surface area contributed by atoms with Crippen LogP contribution in [0.2, 0.25) is 0 Å². The number of anilines is 1. The molecular weight excluding hydrogens is 372 g/mol. The van der Waals surface area contributed by atoms with Gasteiger partial charge in [0.25, 0.3) is 5.91 Å². The van der Waals surface area contributed by atoms with Crippen LogP contribution in [0.5, 0.6) is 0 Å². The topological polar surface area (TPSA) is 85.6 Å². The first-order valence-electron chi connectivity index (χ1n) is 8.80. The van der Waals surface area contributed by atoms with Crippen molar-refractivity contribution >= 4 is 22.4 Å². The first-order valence-corrected chi connectivity index (χ1v) is 9.62. The molecule has 4 aromatic rings. The normalized spacial score (nSPS) is 11.0. The van der Waals surface area contributed by atoms with Gasteiger partial charge in [-0.3, -0.25) is 10.1 Å². The van der Waals surface area contributed by atoms with Gasteiger partial charge in [0.2, 0.25) is 0 Å². The van der Waals surface area contributed by atoms with Gasteiger partial charge in [-0.25, -0.2) is 19.6 Å². The zero-order valence-corrected chi connectivity index (χ0v) is 16.2. The molecule has 4 rings (SSSR count). The number of aromatic nitrogens is 5. The second-order valence-corrected chi connectivity index (χ2v) is 7.48. The van der Waals surface area contributed by atoms with Gasteiger partial charge >= 0.3 is 0 Å². The van der Waals surface area contributed by atoms with Crippen LogP contribution in [0.3, 0.4) is 0 Å². The van der Waals surface area contributed by atoms with Gasteiger partial charge in [0, 0.05) is 22.2 Å². The third-order valence-electron chi connectivity index (χ3n) is 4.11. The number of amides is 1. The highest BCUT2D eigenvalue weighted by atomic mass is 32.1. The summed E-state index contributed by atoms with van der Waals surface area (Å²) >= 11 is 1.50. The zero-order chi connectivity index (χ0) is 19.5. The van der Waals surface area contributed by atoms with E-state index in [9.17, 15) is 4.79 Å². The lowest BCUT2D eigenvalue weighted by molar-refractivity contribution is 0.102. The number of carbonyl (C=O) groups is 1. The molecule has 0 unspecified atom stereocenters. The van der Waals surface area contributed by atoms with Gasteiger partial charge in [0.15, 0.2) is 10.9 Å². The molecular formula is C20H18N6OS. The van der Waals surface area contributed by atoms with E-state index in [1.165, 1.54) is 28.7 Å². The number of nitrogens with zero attached hydrogens (tertiary/aromatic N) is 5. The van der Waals surface area contributed by atoms with Gasteiger partial charge < -0.3 is 0 Å². The lowest BCUT2D eigenvalue weighted by atomic mass is 10.1. The first-order chi connectivity index (χ1) is 13.6. The van der Waals surface area contributed by atoms with E-state index >= 15 is 0 Å². The van der Waals surface area contributed by atoms with E-state index in [-0.39, 0.29) is 5.91 Å². The van der Waals surface area contributed by atoms with Crippen LogP contribution in [-0.2, 0) is 0 Å². The van der Waals surface area contributed by atoms with Crippen molar-refractivity contribution in [3.8, 4) is 17.1 Å². The Kier molecular flexibility index (Phi) is 4.94. The SMILES string of the molecule is CC(C)c1sc(NC(=O)c2ccnc(-n3cncn3)c2)nc1-c1ccccc1. The Morgan fingerprint density at radius 1 is 1.18 bits per heavy atom. The molecule has 0 spiro atoms. The standard InChI is InChI=1S/C20H18N6OS/c1-13(2)18-17(14-6-4-3-5-7-14)24-20(28-18)25-19(27)15-8-9-22-16(10-15)26-12-21-11-23-26/h3-13H,1-2H3,(H,24,25,27). The largest absolute Gasteiger partial charge is 0.298 e. The fourth-order valence-corrected chi connectivity index (χ4v) is 3.75. The molecule has 1 amide bonds. The number of benzene rings is 1. The summed E-state index contributed by atoms with van der Waals surface area (Å²) in [5.74, 6) is 0.586. The van der Waals surface area contributed by atoms with Crippen molar-refractivity contribution in [1.29, 1.82) is 0 Å². The van der Waals surface area contributed by atoms with Crippen LogP contribution in [-0.4, -0.2) is 30.6 Å². The number of rotatable bonds is 5. The highest BCUT2D eigenvalue weighted by Crippen LogP contribution is 2.36. The smallest absolute Gasteiger partial charge is 0.257 e. The van der Waals surface area contributed by atoms with E-state index in [0.29, 0.717) is 22.4 Å². The predicted molar refractivity (Wildman–Crippen MR) is 109 cm³/mol. The van der Waals surface area contributed by atoms with Crippen LogP contribution in [0, 0.1) is 0 Å². The third-order valence-corrected chi connectivity index (χ3v) is 5.38. The summed E-state index contributed by atoms with van der Waals surface area (Å²) in [6.07, 6.45) is 4.52. The second-order valence-electron chi connectivity index (χ2n) is 6.45. The van der Waals surface area contributed by atoms with Crippen molar-refractivity contribution in [2.45, 2.75) is 19.8 Å². The van der Waals surface area contributed by atoms with E-state index in [4.69, 9.17) is 0 Å². The minimum atomic E-state index is -0.243. The van der Waals surface area contributed by atoms with Crippen molar-refractivity contribution in [2.75, 3.05) is 5.32 Å². The average molecular weight is 390 g/mol. The second kappa shape index (κ2) is 7.69. The quantitative estimate of drug-likeness (QED) is 0.553. The zero-order valence-electron chi connectivity index (χ0n) is 15.4. The summed E-state index contributed by atoms with van der Waals surface area (Å²) in [6.45, 7) is 4.25. The van der Waals surface area contributed by atoms with Crippen LogP contribution in [0.4, 0.5) is 5.13 Å². The molecule has 0 saturated heterocycles. The molecule has 0 aliphatic carbocycles. The van der Waals surface area contributed by atoms with Gasteiger partial charge in [-0.15, -0.1) is 11.3 Å². The van der Waals surface area contributed by atoms with Crippen LogP contribution in [0.15, 0.2) is 61.3 Å². The lowest BCUT2D eigenvalue weighted by Crippen LogP contribution is -2.12. The molecule has 0 radical (unpaired) electrons. The molecule has 28 heavy (non-hydrogen) atoms. The van der Waals surface area contributed by atoms with E-state index in [1.54, 1.807) is 18.3 Å². The third kappa shape index (κ3) is 3.67. The lowest BCUT2D eigenvalue weighted by Gasteiger charge is -2.04. The molecule has 0 bridgehead atoms. The molecule has 0 aliphatic heterocycles. The number of pyridine rings is 1. The molecule has 0 atom stereocenters. The minimum Gasteiger partial charge on any atom is -0.298 e. The monoisotopic (exact) mass is 390 g/mol. The average Bonchev–Trinajstić information content (AvgIpc) is 3.39. The molecule has 0 aliphatic rings. The van der Waals surface area contributed by atoms with Crippen molar-refractivity contribution in [1.82, 2.24) is 24.7 Å². The Labute approximate surface area is 166 Å². The maximum atomic E-state index is 12.7. The number of hydrogen-bond acceptors (Lipinski definition) is 6. The summed E-state index contributed by atoms with van der Waals surface area (Å²) < 4.78 is 1.50. The number of nitrogens with one attached hydrogen (secondary N) is 1. The molecule has 3 aromatic heterocycles. The molecule has 0 fully saturated rings. The van der Waals surface area contributed by atoms with Gasteiger partial charge in [-0.2, -0.15) is 5.10 Å². The van der Waals surface area contributed by atoms with Crippen molar-refractivity contribution in [2.24, 2.45) is 0 Å². The first kappa shape index (κ1) is 18.0. The summed E-state index contributed by atoms with van der Waals surface area (Å²) in [5, 5.41) is 7.53. The van der Waals surface area contributed by atoms with Gasteiger partial charge in [0.05, 0.1) is 5.69 Å². The number of thiazole rings is 1. The van der Waals surface area contributed by atoms with E-state index in [0.717, 1.165) is 16.1 Å². The summed E-state index contributed by atoms with van der Waals surface area (Å²) in [7, 11) is 0. The molecule has 1 aromatic carbocycles. The number of hydrogen-bond donors (Lipinski definition) is 1. The fraction of sp³-hybridized carbons (Fsp3) is 0.150. The van der Waals surface area contributed by atoms with Gasteiger partial charge in [-0.05, 0) is 18.1 Å². The molecule has 0 saturated carbocycles. The van der Waals surface area contributed by atoms with E-state index in [1.807, 2.05) is 30.3 Å². The van der Waals surface area contributed by atoms with Crippen LogP contribution in [0.25, 0.3) is 17.1 Å². The van der Waals surface area contributed by atoms with Crippen molar-refractivity contribution < 1.29 is 4.79 Å². The highest BCUT2D eigenvalue weighted by Gasteiger charge is 2.18. The molecule has 7 nitrogen and oxygen atoms in total. The van der Waals surface area contributed by atoms with E-state index < -0.39 is 0 Å². The summed E-state index contributed by atoms with van der Waals surface area (Å²) in [4.78, 5) is 26.7. The van der Waals surface area contributed by atoms with E-state index in [2.05, 4.69) is 39.2 Å². The summed E-state index contributed by atoms with van der Waals surface area (Å²) in [5.41, 5.74) is 2.43. The van der Waals surface area contributed by atoms with Crippen molar-refractivity contribution in [3.05, 3.63) is 71.8 Å². The molecule has 8 heteroatoms. The van der Waals surface area contributed by atoms with Crippen molar-refractivity contribution in [3.63, 3.8) is 0 Å². The molecule has 140 valence electrons. The van der Waals surface area contributed by atoms with Crippen LogP contribution >= 0.6 is 11.3 Å². The Bertz CT molecular complexity index is 1090. The Morgan fingerprint density at radius 2 is 2.00 bits per heavy atom. The molecule has 1 N–H and O–H groups in total. The van der Waals surface area contributed by atoms with Gasteiger partial charge in [-0.1, -0.05) is 44.2 Å². The summed E-state index contributed by atoms with van der Waals surface area (Å²) in [6, 6.07) is 13.3. The molecule has 3 heterocycles. The van der Waals surface area contributed by atoms with Crippen LogP contribution < -0.4 is 5.32 Å². The Balaban J connectivity index is 1.61. The highest BCUT2D eigenvalue weighted by molar-refractivity contribution is 7.16. The predicted octanol–water partition coefficient (Wildman–Crippen LogP) is 4.16.